The second-order valence-corrected chi connectivity index (χ2v) is 7.66. The maximum Gasteiger partial charge on any atom is 0.257 e. The Morgan fingerprint density at radius 1 is 1.44 bits per heavy atom. The molecule has 1 atom stereocenters. The quantitative estimate of drug-likeness (QED) is 0.825. The Bertz CT molecular complexity index is 831. The summed E-state index contributed by atoms with van der Waals surface area (Å²) in [7, 11) is 2.11. The lowest BCUT2D eigenvalue weighted by Crippen LogP contribution is -2.72. The lowest BCUT2D eigenvalue weighted by molar-refractivity contribution is -0.0697. The van der Waals surface area contributed by atoms with Gasteiger partial charge in [0.1, 0.15) is 5.76 Å². The number of ether oxygens (including phenoxy) is 1. The van der Waals surface area contributed by atoms with Gasteiger partial charge in [-0.25, -0.2) is 9.37 Å². The number of rotatable bonds is 4. The molecule has 4 rings (SSSR count). The first-order valence-electron chi connectivity index (χ1n) is 9.26. The molecule has 0 aromatic carbocycles. The van der Waals surface area contributed by atoms with E-state index in [2.05, 4.69) is 16.9 Å². The Morgan fingerprint density at radius 2 is 2.26 bits per heavy atom. The first kappa shape index (κ1) is 18.0. The second-order valence-electron chi connectivity index (χ2n) is 7.66. The van der Waals surface area contributed by atoms with Gasteiger partial charge < -0.3 is 14.1 Å². The van der Waals surface area contributed by atoms with E-state index in [0.29, 0.717) is 36.9 Å². The molecule has 0 aliphatic carbocycles. The van der Waals surface area contributed by atoms with Crippen molar-refractivity contribution >= 4 is 5.91 Å². The zero-order valence-corrected chi connectivity index (χ0v) is 15.7. The first-order chi connectivity index (χ1) is 13.0. The van der Waals surface area contributed by atoms with Gasteiger partial charge in [-0.1, -0.05) is 0 Å². The van der Waals surface area contributed by atoms with E-state index in [-0.39, 0.29) is 17.3 Å². The number of aromatic nitrogens is 1. The van der Waals surface area contributed by atoms with Gasteiger partial charge in [-0.3, -0.25) is 9.69 Å². The van der Waals surface area contributed by atoms with Crippen LogP contribution in [0.15, 0.2) is 35.1 Å². The fraction of sp³-hybridized carbons (Fsp3) is 0.500. The normalized spacial score (nSPS) is 21.9. The van der Waals surface area contributed by atoms with Gasteiger partial charge in [0.2, 0.25) is 5.88 Å². The van der Waals surface area contributed by atoms with E-state index in [1.165, 1.54) is 12.3 Å². The topological polar surface area (TPSA) is 58.8 Å². The van der Waals surface area contributed by atoms with Crippen LogP contribution in [0.1, 0.15) is 29.0 Å². The fourth-order valence-electron chi connectivity index (χ4n) is 4.18. The van der Waals surface area contributed by atoms with Crippen LogP contribution in [0.25, 0.3) is 0 Å². The van der Waals surface area contributed by atoms with Crippen LogP contribution in [0.4, 0.5) is 4.39 Å². The highest BCUT2D eigenvalue weighted by atomic mass is 19.1. The summed E-state index contributed by atoms with van der Waals surface area (Å²) in [6, 6.07) is 4.63. The molecule has 4 heterocycles. The van der Waals surface area contributed by atoms with Crippen molar-refractivity contribution in [1.29, 1.82) is 0 Å². The molecule has 0 saturated carbocycles. The number of piperidine rings is 1. The molecule has 2 aromatic heterocycles. The van der Waals surface area contributed by atoms with Crippen LogP contribution in [-0.2, 0) is 0 Å². The SMILES string of the molecule is Cc1occc1C(=O)N1CC2(C[C@H](COc3ncccc3F)CCN2C)C1. The van der Waals surface area contributed by atoms with Gasteiger partial charge in [0, 0.05) is 19.3 Å². The number of hydrogen-bond acceptors (Lipinski definition) is 5. The summed E-state index contributed by atoms with van der Waals surface area (Å²) in [4.78, 5) is 20.8. The van der Waals surface area contributed by atoms with Crippen LogP contribution in [0.5, 0.6) is 5.88 Å². The number of likely N-dealkylation sites (N-methyl/N-ethyl adjacent to an activating group) is 1. The van der Waals surface area contributed by atoms with Crippen LogP contribution < -0.4 is 4.74 Å². The monoisotopic (exact) mass is 373 g/mol. The number of carbonyl (C=O) groups excluding carboxylic acids is 1. The molecule has 2 aliphatic heterocycles. The molecule has 2 saturated heterocycles. The number of pyridine rings is 1. The fourth-order valence-corrected chi connectivity index (χ4v) is 4.18. The third-order valence-electron chi connectivity index (χ3n) is 5.88. The summed E-state index contributed by atoms with van der Waals surface area (Å²) in [6.07, 6.45) is 4.99. The molecule has 2 aliphatic rings. The highest BCUT2D eigenvalue weighted by Gasteiger charge is 2.51. The molecule has 2 fully saturated rings. The van der Waals surface area contributed by atoms with Crippen LogP contribution in [0.2, 0.25) is 0 Å². The van der Waals surface area contributed by atoms with Crippen LogP contribution in [0, 0.1) is 18.7 Å². The minimum Gasteiger partial charge on any atom is -0.475 e. The number of amides is 1. The van der Waals surface area contributed by atoms with Gasteiger partial charge >= 0.3 is 0 Å². The van der Waals surface area contributed by atoms with Crippen molar-refractivity contribution in [3.8, 4) is 5.88 Å². The Morgan fingerprint density at radius 3 is 2.96 bits per heavy atom. The smallest absolute Gasteiger partial charge is 0.257 e. The number of halogens is 1. The van der Waals surface area contributed by atoms with Gasteiger partial charge in [-0.15, -0.1) is 0 Å². The highest BCUT2D eigenvalue weighted by Crippen LogP contribution is 2.39. The molecule has 1 amide bonds. The van der Waals surface area contributed by atoms with Crippen molar-refractivity contribution < 1.29 is 18.3 Å². The van der Waals surface area contributed by atoms with E-state index in [0.717, 1.165) is 19.4 Å². The molecule has 0 radical (unpaired) electrons. The van der Waals surface area contributed by atoms with Crippen molar-refractivity contribution in [1.82, 2.24) is 14.8 Å². The largest absolute Gasteiger partial charge is 0.475 e. The molecule has 144 valence electrons. The number of carbonyl (C=O) groups is 1. The summed E-state index contributed by atoms with van der Waals surface area (Å²) in [5.41, 5.74) is 0.608. The molecule has 6 nitrogen and oxygen atoms in total. The summed E-state index contributed by atoms with van der Waals surface area (Å²) in [6.45, 7) is 4.58. The molecule has 7 heteroatoms. The van der Waals surface area contributed by atoms with Crippen molar-refractivity contribution in [2.75, 3.05) is 33.3 Å². The Kier molecular flexibility index (Phi) is 4.63. The third-order valence-corrected chi connectivity index (χ3v) is 5.88. The molecule has 27 heavy (non-hydrogen) atoms. The first-order valence-corrected chi connectivity index (χ1v) is 9.26. The number of hydrogen-bond donors (Lipinski definition) is 0. The average Bonchev–Trinajstić information content (AvgIpc) is 3.06. The number of aryl methyl sites for hydroxylation is 1. The molecule has 0 N–H and O–H groups in total. The highest BCUT2D eigenvalue weighted by molar-refractivity contribution is 5.95. The second kappa shape index (κ2) is 6.96. The summed E-state index contributed by atoms with van der Waals surface area (Å²) >= 11 is 0. The van der Waals surface area contributed by atoms with E-state index in [1.807, 2.05) is 4.90 Å². The lowest BCUT2D eigenvalue weighted by Gasteiger charge is -2.58. The van der Waals surface area contributed by atoms with Crippen molar-refractivity contribution in [3.05, 3.63) is 47.8 Å². The Hall–Kier alpha value is -2.41. The van der Waals surface area contributed by atoms with E-state index in [4.69, 9.17) is 9.15 Å². The summed E-state index contributed by atoms with van der Waals surface area (Å²) in [5, 5.41) is 0. The minimum atomic E-state index is -0.434. The van der Waals surface area contributed by atoms with Gasteiger partial charge in [0.05, 0.1) is 24.0 Å². The van der Waals surface area contributed by atoms with Gasteiger partial charge in [-0.2, -0.15) is 0 Å². The van der Waals surface area contributed by atoms with E-state index >= 15 is 0 Å². The molecular formula is C20H24FN3O3. The van der Waals surface area contributed by atoms with E-state index in [1.54, 1.807) is 25.3 Å². The summed E-state index contributed by atoms with van der Waals surface area (Å²) in [5.74, 6) is 0.619. The minimum absolute atomic E-state index is 0.0224. The van der Waals surface area contributed by atoms with Crippen LogP contribution in [0.3, 0.4) is 0 Å². The van der Waals surface area contributed by atoms with Crippen molar-refractivity contribution in [2.24, 2.45) is 5.92 Å². The molecule has 0 unspecified atom stereocenters. The predicted octanol–water partition coefficient (Wildman–Crippen LogP) is 2.74. The van der Waals surface area contributed by atoms with Crippen LogP contribution >= 0.6 is 0 Å². The number of likely N-dealkylation sites (tertiary alicyclic amines) is 2. The van der Waals surface area contributed by atoms with E-state index in [9.17, 15) is 9.18 Å². The average molecular weight is 373 g/mol. The lowest BCUT2D eigenvalue weighted by atomic mass is 9.75. The third kappa shape index (κ3) is 3.32. The zero-order chi connectivity index (χ0) is 19.0. The van der Waals surface area contributed by atoms with Crippen molar-refractivity contribution in [2.45, 2.75) is 25.3 Å². The standard InChI is InChI=1S/C20H24FN3O3/c1-14-16(6-9-26-14)19(25)24-12-20(13-24)10-15(5-8-23(20)2)11-27-18-17(21)4-3-7-22-18/h3-4,6-7,9,15H,5,8,10-13H2,1-2H3/t15-/m1/s1. The Labute approximate surface area is 157 Å². The molecule has 2 aromatic rings. The van der Waals surface area contributed by atoms with Crippen LogP contribution in [-0.4, -0.2) is 59.5 Å². The Balaban J connectivity index is 1.37. The van der Waals surface area contributed by atoms with Crippen molar-refractivity contribution in [3.63, 3.8) is 0 Å². The molecule has 0 bridgehead atoms. The number of nitrogens with zero attached hydrogens (tertiary/aromatic N) is 3. The molecular weight excluding hydrogens is 349 g/mol. The maximum absolute atomic E-state index is 13.7. The van der Waals surface area contributed by atoms with Gasteiger partial charge in [0.15, 0.2) is 5.82 Å². The zero-order valence-electron chi connectivity index (χ0n) is 15.7. The predicted molar refractivity (Wildman–Crippen MR) is 97.1 cm³/mol. The maximum atomic E-state index is 13.7. The summed E-state index contributed by atoms with van der Waals surface area (Å²) < 4.78 is 24.6. The van der Waals surface area contributed by atoms with E-state index < -0.39 is 5.82 Å². The number of furan rings is 1. The van der Waals surface area contributed by atoms with Gasteiger partial charge in [-0.05, 0) is 57.5 Å². The van der Waals surface area contributed by atoms with Gasteiger partial charge in [0.25, 0.3) is 5.91 Å². The molecule has 1 spiro atoms.